The van der Waals surface area contributed by atoms with Gasteiger partial charge in [-0.05, 0) is 24.5 Å². The van der Waals surface area contributed by atoms with Crippen molar-refractivity contribution in [3.63, 3.8) is 0 Å². The molecule has 18 heavy (non-hydrogen) atoms. The molecule has 0 aromatic heterocycles. The predicted octanol–water partition coefficient (Wildman–Crippen LogP) is 2.43. The normalized spacial score (nSPS) is 26.4. The lowest BCUT2D eigenvalue weighted by Crippen LogP contribution is -2.39. The van der Waals surface area contributed by atoms with Crippen LogP contribution in [0.2, 0.25) is 10.0 Å². The zero-order chi connectivity index (χ0) is 12.7. The van der Waals surface area contributed by atoms with Gasteiger partial charge in [-0.1, -0.05) is 29.3 Å². The highest BCUT2D eigenvalue weighted by Gasteiger charge is 2.40. The number of halogens is 2. The second-order valence-corrected chi connectivity index (χ2v) is 5.68. The highest BCUT2D eigenvalue weighted by molar-refractivity contribution is 6.39. The quantitative estimate of drug-likeness (QED) is 0.859. The van der Waals surface area contributed by atoms with Crippen LogP contribution in [0.25, 0.3) is 0 Å². The van der Waals surface area contributed by atoms with E-state index in [4.69, 9.17) is 23.2 Å². The Labute approximate surface area is 116 Å². The van der Waals surface area contributed by atoms with E-state index in [-0.39, 0.29) is 5.91 Å². The summed E-state index contributed by atoms with van der Waals surface area (Å²) in [5.74, 6) is 0.539. The molecular formula is C13H14Cl2N2O. The molecule has 0 aliphatic carbocycles. The smallest absolute Gasteiger partial charge is 0.257 e. The van der Waals surface area contributed by atoms with Crippen molar-refractivity contribution in [3.8, 4) is 0 Å². The van der Waals surface area contributed by atoms with E-state index in [0.717, 1.165) is 26.1 Å². The first-order chi connectivity index (χ1) is 8.68. The molecule has 2 aliphatic rings. The third kappa shape index (κ3) is 1.91. The van der Waals surface area contributed by atoms with Crippen LogP contribution in [0.1, 0.15) is 16.8 Å². The first-order valence-electron chi connectivity index (χ1n) is 6.14. The topological polar surface area (TPSA) is 32.3 Å². The van der Waals surface area contributed by atoms with Gasteiger partial charge in [0.15, 0.2) is 0 Å². The molecule has 0 unspecified atom stereocenters. The molecule has 1 N–H and O–H groups in total. The number of carbonyl (C=O) groups is 1. The highest BCUT2D eigenvalue weighted by atomic mass is 35.5. The number of amides is 1. The molecule has 1 aromatic carbocycles. The number of likely N-dealkylation sites (tertiary alicyclic amines) is 1. The lowest BCUT2D eigenvalue weighted by atomic mass is 10.0. The summed E-state index contributed by atoms with van der Waals surface area (Å²) < 4.78 is 0. The predicted molar refractivity (Wildman–Crippen MR) is 72.3 cm³/mol. The van der Waals surface area contributed by atoms with Crippen molar-refractivity contribution in [1.29, 1.82) is 0 Å². The van der Waals surface area contributed by atoms with Crippen molar-refractivity contribution in [3.05, 3.63) is 33.8 Å². The number of hydrogen-bond donors (Lipinski definition) is 1. The number of nitrogens with zero attached hydrogens (tertiary/aromatic N) is 1. The summed E-state index contributed by atoms with van der Waals surface area (Å²) in [5.41, 5.74) is 0.438. The molecule has 3 rings (SSSR count). The third-order valence-electron chi connectivity index (χ3n) is 3.88. The van der Waals surface area contributed by atoms with Crippen molar-refractivity contribution in [2.75, 3.05) is 19.6 Å². The second-order valence-electron chi connectivity index (χ2n) is 4.87. The maximum atomic E-state index is 12.6. The highest BCUT2D eigenvalue weighted by Crippen LogP contribution is 2.32. The van der Waals surface area contributed by atoms with Gasteiger partial charge in [-0.25, -0.2) is 0 Å². The minimum atomic E-state index is -0.0400. The first-order valence-corrected chi connectivity index (χ1v) is 6.90. The van der Waals surface area contributed by atoms with Gasteiger partial charge >= 0.3 is 0 Å². The zero-order valence-electron chi connectivity index (χ0n) is 9.83. The van der Waals surface area contributed by atoms with Gasteiger partial charge in [-0.2, -0.15) is 0 Å². The average molecular weight is 285 g/mol. The number of carbonyl (C=O) groups excluding carboxylic acids is 1. The van der Waals surface area contributed by atoms with Gasteiger partial charge in [-0.3, -0.25) is 4.79 Å². The molecule has 2 aliphatic heterocycles. The fourth-order valence-corrected chi connectivity index (χ4v) is 3.51. The summed E-state index contributed by atoms with van der Waals surface area (Å²) in [6, 6.07) is 5.47. The molecule has 3 nitrogen and oxygen atoms in total. The Balaban J connectivity index is 1.91. The summed E-state index contributed by atoms with van der Waals surface area (Å²) in [4.78, 5) is 14.5. The van der Waals surface area contributed by atoms with E-state index >= 15 is 0 Å². The molecule has 2 heterocycles. The summed E-state index contributed by atoms with van der Waals surface area (Å²) >= 11 is 12.2. The number of fused-ring (bicyclic) bond motifs is 1. The Morgan fingerprint density at radius 3 is 2.72 bits per heavy atom. The average Bonchev–Trinajstić information content (AvgIpc) is 2.89. The molecule has 0 saturated carbocycles. The van der Waals surface area contributed by atoms with Crippen LogP contribution >= 0.6 is 23.2 Å². The van der Waals surface area contributed by atoms with Crippen molar-refractivity contribution in [2.24, 2.45) is 5.92 Å². The largest absolute Gasteiger partial charge is 0.334 e. The number of benzene rings is 1. The van der Waals surface area contributed by atoms with E-state index in [1.807, 2.05) is 4.90 Å². The van der Waals surface area contributed by atoms with Crippen molar-refractivity contribution in [2.45, 2.75) is 12.5 Å². The standard InChI is InChI=1S/C13H14Cl2N2O/c14-9-2-1-3-10(15)12(9)13(18)17-5-4-8-6-16-7-11(8)17/h1-3,8,11,16H,4-7H2/t8-,11+/m1/s1. The van der Waals surface area contributed by atoms with E-state index in [1.165, 1.54) is 0 Å². The van der Waals surface area contributed by atoms with Crippen LogP contribution in [0.3, 0.4) is 0 Å². The maximum Gasteiger partial charge on any atom is 0.257 e. The van der Waals surface area contributed by atoms with Crippen LogP contribution in [-0.2, 0) is 0 Å². The summed E-state index contributed by atoms with van der Waals surface area (Å²) in [5, 5.41) is 4.19. The van der Waals surface area contributed by atoms with Crippen molar-refractivity contribution in [1.82, 2.24) is 10.2 Å². The Hall–Kier alpha value is -0.770. The summed E-state index contributed by atoms with van der Waals surface area (Å²) in [6.07, 6.45) is 1.06. The molecule has 0 spiro atoms. The van der Waals surface area contributed by atoms with Crippen LogP contribution in [-0.4, -0.2) is 36.5 Å². The SMILES string of the molecule is O=C(c1c(Cl)cccc1Cl)N1CC[C@@H]2CNC[C@@H]21. The van der Waals surface area contributed by atoms with Crippen molar-refractivity contribution < 1.29 is 4.79 Å². The second kappa shape index (κ2) is 4.72. The maximum absolute atomic E-state index is 12.6. The van der Waals surface area contributed by atoms with E-state index < -0.39 is 0 Å². The van der Waals surface area contributed by atoms with Gasteiger partial charge in [0.1, 0.15) is 0 Å². The van der Waals surface area contributed by atoms with Crippen LogP contribution in [0.15, 0.2) is 18.2 Å². The first kappa shape index (κ1) is 12.3. The molecule has 2 fully saturated rings. The molecule has 96 valence electrons. The van der Waals surface area contributed by atoms with E-state index in [2.05, 4.69) is 5.32 Å². The van der Waals surface area contributed by atoms with Crippen molar-refractivity contribution >= 4 is 29.1 Å². The fourth-order valence-electron chi connectivity index (χ4n) is 2.95. The lowest BCUT2D eigenvalue weighted by molar-refractivity contribution is 0.0737. The van der Waals surface area contributed by atoms with Crippen LogP contribution in [0, 0.1) is 5.92 Å². The van der Waals surface area contributed by atoms with E-state index in [9.17, 15) is 4.79 Å². The van der Waals surface area contributed by atoms with Gasteiger partial charge in [0.2, 0.25) is 0 Å². The summed E-state index contributed by atoms with van der Waals surface area (Å²) in [7, 11) is 0. The van der Waals surface area contributed by atoms with Gasteiger partial charge in [0, 0.05) is 25.7 Å². The van der Waals surface area contributed by atoms with E-state index in [0.29, 0.717) is 27.6 Å². The van der Waals surface area contributed by atoms with Crippen LogP contribution in [0.5, 0.6) is 0 Å². The van der Waals surface area contributed by atoms with Gasteiger partial charge < -0.3 is 10.2 Å². The lowest BCUT2D eigenvalue weighted by Gasteiger charge is -2.24. The van der Waals surface area contributed by atoms with Gasteiger partial charge in [-0.15, -0.1) is 0 Å². The van der Waals surface area contributed by atoms with Crippen LogP contribution in [0.4, 0.5) is 0 Å². The third-order valence-corrected chi connectivity index (χ3v) is 4.51. The Morgan fingerprint density at radius 2 is 2.00 bits per heavy atom. The Kier molecular flexibility index (Phi) is 3.22. The number of rotatable bonds is 1. The fraction of sp³-hybridized carbons (Fsp3) is 0.462. The molecule has 0 radical (unpaired) electrons. The van der Waals surface area contributed by atoms with E-state index in [1.54, 1.807) is 18.2 Å². The van der Waals surface area contributed by atoms with Crippen LogP contribution < -0.4 is 5.32 Å². The minimum absolute atomic E-state index is 0.0400. The zero-order valence-corrected chi connectivity index (χ0v) is 11.3. The summed E-state index contributed by atoms with van der Waals surface area (Å²) in [6.45, 7) is 2.68. The number of nitrogens with one attached hydrogen (secondary N) is 1. The van der Waals surface area contributed by atoms with Gasteiger partial charge in [0.25, 0.3) is 5.91 Å². The van der Waals surface area contributed by atoms with Gasteiger partial charge in [0.05, 0.1) is 15.6 Å². The molecule has 1 aromatic rings. The molecule has 5 heteroatoms. The Bertz CT molecular complexity index is 472. The number of hydrogen-bond acceptors (Lipinski definition) is 2. The molecular weight excluding hydrogens is 271 g/mol. The monoisotopic (exact) mass is 284 g/mol. The molecule has 2 saturated heterocycles. The molecule has 2 atom stereocenters. The molecule has 1 amide bonds. The minimum Gasteiger partial charge on any atom is -0.334 e. The molecule has 0 bridgehead atoms. The Morgan fingerprint density at radius 1 is 1.28 bits per heavy atom.